The number of β-lactam (4-membered cyclic amide) rings is 1. The topological polar surface area (TPSA) is 46.3 Å². The van der Waals surface area contributed by atoms with Gasteiger partial charge in [-0.1, -0.05) is 0 Å². The molecule has 1 saturated carbocycles. The molecule has 2 N–H and O–H groups in total. The van der Waals surface area contributed by atoms with Gasteiger partial charge >= 0.3 is 0 Å². The Morgan fingerprint density at radius 1 is 1.75 bits per heavy atom. The van der Waals surface area contributed by atoms with Gasteiger partial charge in [-0.15, -0.1) is 0 Å². The van der Waals surface area contributed by atoms with Crippen molar-refractivity contribution in [2.75, 3.05) is 19.3 Å². The van der Waals surface area contributed by atoms with Crippen LogP contribution in [0.2, 0.25) is 0 Å². The van der Waals surface area contributed by atoms with Crippen LogP contribution in [0.1, 0.15) is 12.8 Å². The Balaban J connectivity index is 1.85. The Morgan fingerprint density at radius 3 is 2.75 bits per heavy atom. The Kier molecular flexibility index (Phi) is 1.84. The number of rotatable bonds is 3. The summed E-state index contributed by atoms with van der Waals surface area (Å²) in [6.45, 7) is 1.68. The SMILES string of the molecule is CSC1(CN2CC(N)C2=O)CC1. The number of likely N-dealkylation sites (tertiary alicyclic amines) is 1. The van der Waals surface area contributed by atoms with Crippen molar-refractivity contribution in [1.82, 2.24) is 4.90 Å². The summed E-state index contributed by atoms with van der Waals surface area (Å²) in [5.74, 6) is 0.135. The maximum absolute atomic E-state index is 11.2. The molecule has 3 nitrogen and oxygen atoms in total. The third-order valence-corrected chi connectivity index (χ3v) is 4.17. The van der Waals surface area contributed by atoms with Crippen LogP contribution in [0, 0.1) is 0 Å². The molecule has 0 aromatic rings. The van der Waals surface area contributed by atoms with Crippen LogP contribution in [0.4, 0.5) is 0 Å². The highest BCUT2D eigenvalue weighted by molar-refractivity contribution is 8.00. The average Bonchev–Trinajstić information content (AvgIpc) is 2.85. The van der Waals surface area contributed by atoms with Crippen LogP contribution in [-0.2, 0) is 4.79 Å². The first-order valence-corrected chi connectivity index (χ1v) is 5.49. The fourth-order valence-corrected chi connectivity index (χ4v) is 2.38. The van der Waals surface area contributed by atoms with Gasteiger partial charge in [0.2, 0.25) is 5.91 Å². The van der Waals surface area contributed by atoms with E-state index in [0.29, 0.717) is 4.75 Å². The molecule has 12 heavy (non-hydrogen) atoms. The molecule has 1 atom stereocenters. The number of carbonyl (C=O) groups is 1. The minimum atomic E-state index is -0.206. The summed E-state index contributed by atoms with van der Waals surface area (Å²) in [5, 5.41) is 0. The highest BCUT2D eigenvalue weighted by Gasteiger charge is 2.47. The minimum Gasteiger partial charge on any atom is -0.338 e. The predicted molar refractivity (Wildman–Crippen MR) is 50.0 cm³/mol. The second-order valence-corrected chi connectivity index (χ2v) is 4.99. The van der Waals surface area contributed by atoms with E-state index in [1.165, 1.54) is 12.8 Å². The molecule has 68 valence electrons. The summed E-state index contributed by atoms with van der Waals surface area (Å²) >= 11 is 1.88. The van der Waals surface area contributed by atoms with Crippen LogP contribution in [0.3, 0.4) is 0 Å². The lowest BCUT2D eigenvalue weighted by atomic mass is 10.1. The van der Waals surface area contributed by atoms with Gasteiger partial charge < -0.3 is 10.6 Å². The van der Waals surface area contributed by atoms with E-state index >= 15 is 0 Å². The van der Waals surface area contributed by atoms with Gasteiger partial charge in [0.15, 0.2) is 0 Å². The Hall–Kier alpha value is -0.220. The number of amides is 1. The molecule has 1 heterocycles. The van der Waals surface area contributed by atoms with E-state index in [1.807, 2.05) is 16.7 Å². The van der Waals surface area contributed by atoms with Gasteiger partial charge in [0.05, 0.1) is 0 Å². The molecule has 0 bridgehead atoms. The summed E-state index contributed by atoms with van der Waals surface area (Å²) in [4.78, 5) is 13.1. The van der Waals surface area contributed by atoms with Crippen LogP contribution in [0.25, 0.3) is 0 Å². The summed E-state index contributed by atoms with van der Waals surface area (Å²) in [7, 11) is 0. The van der Waals surface area contributed by atoms with E-state index in [4.69, 9.17) is 5.73 Å². The average molecular weight is 186 g/mol. The quantitative estimate of drug-likeness (QED) is 0.634. The molecule has 1 aliphatic carbocycles. The van der Waals surface area contributed by atoms with Crippen molar-refractivity contribution in [3.05, 3.63) is 0 Å². The van der Waals surface area contributed by atoms with Crippen LogP contribution in [0.5, 0.6) is 0 Å². The molecule has 0 aromatic heterocycles. The second kappa shape index (κ2) is 2.64. The molecule has 2 rings (SSSR count). The van der Waals surface area contributed by atoms with E-state index in [-0.39, 0.29) is 11.9 Å². The van der Waals surface area contributed by atoms with Gasteiger partial charge in [-0.3, -0.25) is 4.79 Å². The molecule has 4 heteroatoms. The zero-order chi connectivity index (χ0) is 8.77. The molecule has 2 fully saturated rings. The smallest absolute Gasteiger partial charge is 0.241 e. The van der Waals surface area contributed by atoms with Gasteiger partial charge in [0.25, 0.3) is 0 Å². The molecule has 1 aliphatic heterocycles. The molecular weight excluding hydrogens is 172 g/mol. The van der Waals surface area contributed by atoms with E-state index in [2.05, 4.69) is 6.26 Å². The van der Waals surface area contributed by atoms with Crippen LogP contribution in [-0.4, -0.2) is 40.9 Å². The molecule has 0 spiro atoms. The standard InChI is InChI=1S/C8H14N2OS/c1-12-8(2-3-8)5-10-4-6(9)7(10)11/h6H,2-5,9H2,1H3. The summed E-state index contributed by atoms with van der Waals surface area (Å²) < 4.78 is 0.399. The van der Waals surface area contributed by atoms with Gasteiger partial charge in [-0.25, -0.2) is 0 Å². The van der Waals surface area contributed by atoms with Gasteiger partial charge in [-0.2, -0.15) is 11.8 Å². The Morgan fingerprint density at radius 2 is 2.42 bits per heavy atom. The van der Waals surface area contributed by atoms with Gasteiger partial charge in [-0.05, 0) is 19.1 Å². The maximum Gasteiger partial charge on any atom is 0.241 e. The highest BCUT2D eigenvalue weighted by atomic mass is 32.2. The number of nitrogens with two attached hydrogens (primary N) is 1. The number of hydrogen-bond donors (Lipinski definition) is 1. The zero-order valence-corrected chi connectivity index (χ0v) is 8.06. The van der Waals surface area contributed by atoms with Crippen molar-refractivity contribution in [2.45, 2.75) is 23.6 Å². The van der Waals surface area contributed by atoms with Crippen LogP contribution in [0.15, 0.2) is 0 Å². The first kappa shape index (κ1) is 8.38. The normalized spacial score (nSPS) is 31.7. The third-order valence-electron chi connectivity index (χ3n) is 2.77. The zero-order valence-electron chi connectivity index (χ0n) is 7.25. The maximum atomic E-state index is 11.2. The Labute approximate surface area is 76.7 Å². The van der Waals surface area contributed by atoms with E-state index in [9.17, 15) is 4.79 Å². The van der Waals surface area contributed by atoms with Crippen LogP contribution < -0.4 is 5.73 Å². The third kappa shape index (κ3) is 1.23. The predicted octanol–water partition coefficient (Wildman–Crippen LogP) is 0.0515. The van der Waals surface area contributed by atoms with Crippen molar-refractivity contribution < 1.29 is 4.79 Å². The molecule has 2 aliphatic rings. The van der Waals surface area contributed by atoms with Crippen molar-refractivity contribution in [3.63, 3.8) is 0 Å². The molecular formula is C8H14N2OS. The summed E-state index contributed by atoms with van der Waals surface area (Å²) in [6.07, 6.45) is 4.64. The lowest BCUT2D eigenvalue weighted by Crippen LogP contribution is -2.62. The number of carbonyl (C=O) groups excluding carboxylic acids is 1. The highest BCUT2D eigenvalue weighted by Crippen LogP contribution is 2.48. The van der Waals surface area contributed by atoms with Gasteiger partial charge in [0.1, 0.15) is 6.04 Å². The summed E-state index contributed by atoms with van der Waals surface area (Å²) in [6, 6.07) is -0.206. The Bertz CT molecular complexity index is 215. The number of thioether (sulfide) groups is 1. The van der Waals surface area contributed by atoms with Crippen molar-refractivity contribution >= 4 is 17.7 Å². The largest absolute Gasteiger partial charge is 0.338 e. The lowest BCUT2D eigenvalue weighted by molar-refractivity contribution is -0.142. The molecule has 0 aromatic carbocycles. The molecule has 1 saturated heterocycles. The van der Waals surface area contributed by atoms with E-state index < -0.39 is 0 Å². The lowest BCUT2D eigenvalue weighted by Gasteiger charge is -2.38. The summed E-state index contributed by atoms with van der Waals surface area (Å²) in [5.41, 5.74) is 5.50. The first-order chi connectivity index (χ1) is 5.67. The fourth-order valence-electron chi connectivity index (χ4n) is 1.58. The van der Waals surface area contributed by atoms with E-state index in [0.717, 1.165) is 13.1 Å². The number of hydrogen-bond acceptors (Lipinski definition) is 3. The van der Waals surface area contributed by atoms with Gasteiger partial charge in [0, 0.05) is 17.8 Å². The fraction of sp³-hybridized carbons (Fsp3) is 0.875. The first-order valence-electron chi connectivity index (χ1n) is 4.26. The molecule has 0 radical (unpaired) electrons. The minimum absolute atomic E-state index is 0.135. The van der Waals surface area contributed by atoms with Crippen molar-refractivity contribution in [3.8, 4) is 0 Å². The van der Waals surface area contributed by atoms with E-state index in [1.54, 1.807) is 0 Å². The molecule has 1 unspecified atom stereocenters. The van der Waals surface area contributed by atoms with Crippen molar-refractivity contribution in [2.24, 2.45) is 5.73 Å². The molecule has 1 amide bonds. The number of nitrogens with zero attached hydrogens (tertiary/aromatic N) is 1. The van der Waals surface area contributed by atoms with Crippen LogP contribution >= 0.6 is 11.8 Å². The van der Waals surface area contributed by atoms with Crippen molar-refractivity contribution in [1.29, 1.82) is 0 Å². The monoisotopic (exact) mass is 186 g/mol. The second-order valence-electron chi connectivity index (χ2n) is 3.71.